The van der Waals surface area contributed by atoms with Gasteiger partial charge in [-0.25, -0.2) is 14.8 Å². The number of nitrogens with one attached hydrogen (secondary N) is 14. The molecule has 9 amide bonds. The molecule has 0 radical (unpaired) electrons. The van der Waals surface area contributed by atoms with Crippen molar-refractivity contribution in [3.05, 3.63) is 72.5 Å². The fourth-order valence-electron chi connectivity index (χ4n) is 19.4. The number of H-pyrrole nitrogens is 3. The molecule has 5 aliphatic rings. The summed E-state index contributed by atoms with van der Waals surface area (Å²) in [4.78, 5) is 198. The van der Waals surface area contributed by atoms with E-state index in [1.807, 2.05) is 43.0 Å². The number of amides is 9. The maximum atomic E-state index is 14.8. The molecule has 5 unspecified atom stereocenters. The van der Waals surface area contributed by atoms with Crippen molar-refractivity contribution in [2.24, 2.45) is 58.2 Å². The zero-order chi connectivity index (χ0) is 89.4. The Balaban J connectivity index is 0.765. The summed E-state index contributed by atoms with van der Waals surface area (Å²) in [5.41, 5.74) is 1.66. The Morgan fingerprint density at radius 2 is 1.18 bits per heavy atom. The Morgan fingerprint density at radius 3 is 1.80 bits per heavy atom. The van der Waals surface area contributed by atoms with Gasteiger partial charge in [0.15, 0.2) is 0 Å². The van der Waals surface area contributed by atoms with Crippen molar-refractivity contribution in [1.82, 2.24) is 98.1 Å². The number of nitrogens with zero attached hydrogens (tertiary/aromatic N) is 5. The van der Waals surface area contributed by atoms with Gasteiger partial charge in [0.25, 0.3) is 0 Å². The average Bonchev–Trinajstić information content (AvgIpc) is 1.65. The van der Waals surface area contributed by atoms with Crippen LogP contribution in [-0.2, 0) is 81.6 Å². The maximum absolute atomic E-state index is 14.8. The van der Waals surface area contributed by atoms with E-state index in [0.717, 1.165) is 30.2 Å². The molecule has 3 aromatic heterocycles. The summed E-state index contributed by atoms with van der Waals surface area (Å²) in [6.07, 6.45) is 13.6. The van der Waals surface area contributed by atoms with Gasteiger partial charge in [-0.3, -0.25) is 77.6 Å². The second-order valence-corrected chi connectivity index (χ2v) is 36.6. The Hall–Kier alpha value is -9.44. The van der Waals surface area contributed by atoms with Crippen molar-refractivity contribution in [3.8, 4) is 0 Å². The predicted molar refractivity (Wildman–Crippen MR) is 457 cm³/mol. The van der Waals surface area contributed by atoms with Crippen LogP contribution in [0.4, 0.5) is 0 Å². The van der Waals surface area contributed by atoms with Crippen LogP contribution in [0.2, 0.25) is 0 Å². The predicted octanol–water partition coefficient (Wildman–Crippen LogP) is 0.0502. The fraction of sp³-hybridized carbons (Fsp3) is 0.682. The number of ketones is 1. The van der Waals surface area contributed by atoms with Gasteiger partial charge in [0.05, 0.1) is 70.2 Å². The Labute approximate surface area is 722 Å². The molecule has 0 bridgehead atoms. The van der Waals surface area contributed by atoms with Crippen LogP contribution in [0.5, 0.6) is 0 Å². The lowest BCUT2D eigenvalue weighted by Crippen LogP contribution is -2.63. The number of hydrogen-bond acceptors (Lipinski definition) is 23. The molecule has 123 heavy (non-hydrogen) atoms. The number of aromatic nitrogens is 5. The van der Waals surface area contributed by atoms with Crippen LogP contribution >= 0.6 is 11.8 Å². The number of Topliss-reactive ketones (excluding diaryl/α,β-unsaturated/α-hetero) is 1. The Bertz CT molecular complexity index is 4230. The summed E-state index contributed by atoms with van der Waals surface area (Å²) in [5.74, 6) is -9.51. The topological polar surface area (TPSA) is 538 Å². The number of carbonyl (C=O) groups is 13. The molecule has 5 fully saturated rings. The minimum atomic E-state index is -1.32. The van der Waals surface area contributed by atoms with E-state index in [2.05, 4.69) is 104 Å². The van der Waals surface area contributed by atoms with Crippen LogP contribution < -0.4 is 58.5 Å². The summed E-state index contributed by atoms with van der Waals surface area (Å²) in [6, 6.07) is -1.47. The summed E-state index contributed by atoms with van der Waals surface area (Å²) >= 11 is 1.41. The van der Waals surface area contributed by atoms with Gasteiger partial charge >= 0.3 is 17.9 Å². The summed E-state index contributed by atoms with van der Waals surface area (Å²) < 4.78 is 0. The van der Waals surface area contributed by atoms with Gasteiger partial charge < -0.3 is 93.7 Å². The SMILES string of the molecule is CSCC[C@H](NC(=O)[C@H](CC(C)C)NC(=O)[C@H](Cc1cnc[nH]1)NC(=O)CNC(=O)[C@@H](NC(=O)[C@H](C)NC(=O)[C@H](Cc1c[nH]c2ccccc12)NC(=O)[C@H](Cc1cnc[nH]1)NCC(=O)CC[C@@H](C)C1CCC2C3C(C[C@H](O)[C@@]21C)[C@@]1(C)CC[C@H](NC(=O)CNC(=O)CN2CCNCCN(CC(=O)O)CCN(CC(=O)O)CC2)CC1C[C@H]3O)C(C)C)C(=O)O. The van der Waals surface area contributed by atoms with E-state index in [4.69, 9.17) is 0 Å². The highest BCUT2D eigenvalue weighted by Crippen LogP contribution is 2.68. The number of para-hydroxylation sites is 1. The van der Waals surface area contributed by atoms with Gasteiger partial charge in [-0.2, -0.15) is 11.8 Å². The number of carboxylic acids is 3. The molecule has 680 valence electrons. The highest BCUT2D eigenvalue weighted by molar-refractivity contribution is 7.98. The number of imidazole rings is 2. The Morgan fingerprint density at radius 1 is 0.585 bits per heavy atom. The van der Waals surface area contributed by atoms with Crippen LogP contribution in [0.15, 0.2) is 55.5 Å². The van der Waals surface area contributed by atoms with Crippen molar-refractivity contribution >= 4 is 99.5 Å². The van der Waals surface area contributed by atoms with Crippen molar-refractivity contribution in [2.75, 3.05) is 104 Å². The highest BCUT2D eigenvalue weighted by atomic mass is 32.2. The van der Waals surface area contributed by atoms with E-state index < -0.39 is 132 Å². The van der Waals surface area contributed by atoms with E-state index in [9.17, 15) is 87.9 Å². The molecule has 4 aliphatic carbocycles. The monoisotopic (exact) mass is 1740 g/mol. The van der Waals surface area contributed by atoms with Gasteiger partial charge in [0, 0.05) is 125 Å². The third-order valence-electron chi connectivity index (χ3n) is 26.2. The maximum Gasteiger partial charge on any atom is 0.326 e. The number of aromatic amines is 3. The standard InChI is InChI=1S/C85H131N19O18S/c1-48(2)30-65(80(118)98-63(83(121)122)19-29-123-9)99-81(119)67(35-56-39-88-47-94-56)97-71(109)42-92-82(120)76(49(3)4)101-77(115)51(6)95-79(117)66(31-52-37-89-62-13-11-10-12-58(52)62)100-78(116)64(34-55-38-87-46-93-55)90-40-57(105)15-14-50(5)59-16-17-60-75-61(36-69(107)85(59,60)8)84(7)20-18-54(32-53(84)33-68(75)106)96-70(108)41-91-72(110)43-102-23-21-86-22-24-103(44-73(111)112)26-28-104(27-25-102)45-74(113)114/h10-13,37-39,46-51,53-54,59-61,63-69,75-76,86,89-90,106-107H,14-36,40-45H2,1-9H3,(H,87,93)(H,88,94)(H,91,110)(H,92,120)(H,95,117)(H,96,108)(H,97,109)(H,98,118)(H,99,119)(H,100,116)(H,101,115)(H,111,112)(H,113,114)(H,121,122)/t50-,51+,53?,54+,59?,60?,61?,63+,64+,65+,66+,67+,68-,69+,75?,76+,84+,85-/m1/s1. The number of fused-ring (bicyclic) bond motifs is 6. The molecule has 4 heterocycles. The number of aliphatic carboxylic acids is 3. The largest absolute Gasteiger partial charge is 0.480 e. The van der Waals surface area contributed by atoms with Crippen molar-refractivity contribution in [1.29, 1.82) is 0 Å². The van der Waals surface area contributed by atoms with E-state index in [-0.39, 0.29) is 142 Å². The first kappa shape index (κ1) is 97.4. The molecule has 38 heteroatoms. The molecule has 18 atom stereocenters. The molecule has 1 aromatic carbocycles. The number of rotatable bonds is 43. The average molecular weight is 1740 g/mol. The van der Waals surface area contributed by atoms with Crippen LogP contribution in [0.25, 0.3) is 10.9 Å². The van der Waals surface area contributed by atoms with E-state index in [1.165, 1.54) is 37.5 Å². The van der Waals surface area contributed by atoms with Gasteiger partial charge in [-0.1, -0.05) is 66.7 Å². The van der Waals surface area contributed by atoms with E-state index in [0.29, 0.717) is 107 Å². The normalized spacial score (nSPS) is 24.8. The number of hydrogen-bond donors (Lipinski definition) is 19. The number of aliphatic hydroxyl groups is 2. The number of benzene rings is 1. The first-order chi connectivity index (χ1) is 58.5. The lowest BCUT2D eigenvalue weighted by molar-refractivity contribution is -0.202. The highest BCUT2D eigenvalue weighted by Gasteiger charge is 2.66. The number of thioether (sulfide) groups is 1. The molecule has 1 aliphatic heterocycles. The molecule has 1 saturated heterocycles. The van der Waals surface area contributed by atoms with Crippen molar-refractivity contribution in [2.45, 2.75) is 206 Å². The first-order valence-electron chi connectivity index (χ1n) is 43.3. The van der Waals surface area contributed by atoms with Crippen LogP contribution in [0, 0.1) is 58.2 Å². The zero-order valence-corrected chi connectivity index (χ0v) is 73.1. The molecule has 9 rings (SSSR count). The van der Waals surface area contributed by atoms with Crippen LogP contribution in [0.1, 0.15) is 143 Å². The quantitative estimate of drug-likeness (QED) is 0.0278. The first-order valence-corrected chi connectivity index (χ1v) is 44.7. The summed E-state index contributed by atoms with van der Waals surface area (Å²) in [7, 11) is 0. The number of carboxylic acid groups (broad SMARTS) is 3. The van der Waals surface area contributed by atoms with Crippen molar-refractivity contribution < 1.29 is 87.9 Å². The smallest absolute Gasteiger partial charge is 0.326 e. The molecule has 0 spiro atoms. The number of carbonyl (C=O) groups excluding carboxylic acids is 10. The van der Waals surface area contributed by atoms with Gasteiger partial charge in [-0.05, 0) is 153 Å². The van der Waals surface area contributed by atoms with Crippen LogP contribution in [-0.4, -0.2) is 306 Å². The fourth-order valence-corrected chi connectivity index (χ4v) is 19.9. The molecule has 37 nitrogen and oxygen atoms in total. The lowest BCUT2D eigenvalue weighted by Gasteiger charge is -2.63. The number of aliphatic hydroxyl groups excluding tert-OH is 2. The molecular formula is C85H131N19O18S. The van der Waals surface area contributed by atoms with Gasteiger partial charge in [-0.15, -0.1) is 0 Å². The Kier molecular flexibility index (Phi) is 36.4. The van der Waals surface area contributed by atoms with Gasteiger partial charge in [0.1, 0.15) is 42.0 Å². The third-order valence-corrected chi connectivity index (χ3v) is 26.8. The summed E-state index contributed by atoms with van der Waals surface area (Å²) in [6.45, 7) is 16.7. The minimum Gasteiger partial charge on any atom is -0.480 e. The third kappa shape index (κ3) is 27.5. The molecular weight excluding hydrogens is 1610 g/mol. The second kappa shape index (κ2) is 46.0. The van der Waals surface area contributed by atoms with Crippen molar-refractivity contribution in [3.63, 3.8) is 0 Å². The molecule has 4 aromatic rings. The second-order valence-electron chi connectivity index (χ2n) is 35.6. The molecule has 4 saturated carbocycles. The summed E-state index contributed by atoms with van der Waals surface area (Å²) in [5, 5.41) is 85.5. The molecule has 19 N–H and O–H groups in total. The van der Waals surface area contributed by atoms with E-state index >= 15 is 0 Å². The van der Waals surface area contributed by atoms with E-state index in [1.54, 1.807) is 42.3 Å². The zero-order valence-electron chi connectivity index (χ0n) is 72.3. The van der Waals surface area contributed by atoms with Gasteiger partial charge in [0.2, 0.25) is 53.2 Å². The minimum absolute atomic E-state index is 0.0107. The van der Waals surface area contributed by atoms with Crippen LogP contribution in [0.3, 0.4) is 0 Å². The lowest BCUT2D eigenvalue weighted by atomic mass is 9.43.